The van der Waals surface area contributed by atoms with Crippen molar-refractivity contribution in [3.05, 3.63) is 83.4 Å². The third-order valence-electron chi connectivity index (χ3n) is 4.25. The Morgan fingerprint density at radius 1 is 1.07 bits per heavy atom. The maximum atomic E-state index is 11.5. The van der Waals surface area contributed by atoms with Crippen LogP contribution in [-0.4, -0.2) is 28.1 Å². The van der Waals surface area contributed by atoms with Gasteiger partial charge in [0.25, 0.3) is 0 Å². The number of hydrogen-bond donors (Lipinski definition) is 2. The van der Waals surface area contributed by atoms with Crippen molar-refractivity contribution in [3.63, 3.8) is 0 Å². The van der Waals surface area contributed by atoms with E-state index in [1.54, 1.807) is 17.8 Å². The van der Waals surface area contributed by atoms with Gasteiger partial charge in [-0.25, -0.2) is 0 Å². The number of carbonyl (C=O) groups is 2. The number of rotatable bonds is 6. The first kappa shape index (κ1) is 19.1. The molecule has 4 nitrogen and oxygen atoms in total. The van der Waals surface area contributed by atoms with Crippen LogP contribution < -0.4 is 0 Å². The molecule has 0 aromatic heterocycles. The van der Waals surface area contributed by atoms with Crippen LogP contribution in [0.15, 0.2) is 71.7 Å². The molecule has 0 saturated carbocycles. The van der Waals surface area contributed by atoms with Gasteiger partial charge in [0.15, 0.2) is 0 Å². The average Bonchev–Trinajstić information content (AvgIpc) is 2.78. The molecule has 0 saturated heterocycles. The number of aliphatic hydroxyl groups is 1. The fourth-order valence-electron chi connectivity index (χ4n) is 3.03. The summed E-state index contributed by atoms with van der Waals surface area (Å²) in [5.41, 5.74) is 4.59. The minimum atomic E-state index is -1.18. The molecule has 138 valence electrons. The van der Waals surface area contributed by atoms with E-state index >= 15 is 0 Å². The maximum absolute atomic E-state index is 11.5. The van der Waals surface area contributed by atoms with Gasteiger partial charge in [0.1, 0.15) is 12.2 Å². The van der Waals surface area contributed by atoms with E-state index in [4.69, 9.17) is 5.11 Å². The fraction of sp³-hybridized carbons (Fsp3) is 0.182. The molecule has 2 aromatic carbocycles. The first-order valence-electron chi connectivity index (χ1n) is 8.65. The summed E-state index contributed by atoms with van der Waals surface area (Å²) in [7, 11) is 0. The monoisotopic (exact) mass is 380 g/mol. The Labute approximate surface area is 162 Å². The average molecular weight is 380 g/mol. The van der Waals surface area contributed by atoms with Crippen molar-refractivity contribution in [2.75, 3.05) is 0 Å². The predicted molar refractivity (Wildman–Crippen MR) is 107 cm³/mol. The standard InChI is InChI=1S/C22H20O4S/c23-16(12-17(24)13-22(25)26)7-5-10-19-18-8-2-1-6-15(18)14-27-21-11-4-3-9-20(19)21/h1-11,16,23H,12-14H2,(H,25,26). The number of ketones is 1. The van der Waals surface area contributed by atoms with Crippen molar-refractivity contribution < 1.29 is 19.8 Å². The molecule has 0 amide bonds. The number of carbonyl (C=O) groups excluding carboxylic acids is 1. The van der Waals surface area contributed by atoms with E-state index in [1.165, 1.54) is 16.5 Å². The molecule has 0 spiro atoms. The first-order valence-corrected chi connectivity index (χ1v) is 9.63. The first-order chi connectivity index (χ1) is 13.0. The normalized spacial score (nSPS) is 15.8. The van der Waals surface area contributed by atoms with Gasteiger partial charge in [-0.15, -0.1) is 11.8 Å². The zero-order chi connectivity index (χ0) is 19.2. The Morgan fingerprint density at radius 3 is 2.56 bits per heavy atom. The van der Waals surface area contributed by atoms with Gasteiger partial charge in [-0.05, 0) is 28.3 Å². The summed E-state index contributed by atoms with van der Waals surface area (Å²) in [6, 6.07) is 16.4. The van der Waals surface area contributed by atoms with Gasteiger partial charge < -0.3 is 10.2 Å². The van der Waals surface area contributed by atoms with Crippen molar-refractivity contribution in [1.82, 2.24) is 0 Å². The highest BCUT2D eigenvalue weighted by atomic mass is 32.2. The Morgan fingerprint density at radius 2 is 1.78 bits per heavy atom. The summed E-state index contributed by atoms with van der Waals surface area (Å²) in [5, 5.41) is 18.6. The van der Waals surface area contributed by atoms with Crippen LogP contribution in [0.25, 0.3) is 5.57 Å². The molecule has 27 heavy (non-hydrogen) atoms. The van der Waals surface area contributed by atoms with E-state index < -0.39 is 24.3 Å². The number of aliphatic hydroxyl groups excluding tert-OH is 1. The molecule has 1 aliphatic rings. The zero-order valence-electron chi connectivity index (χ0n) is 14.7. The summed E-state index contributed by atoms with van der Waals surface area (Å²) in [4.78, 5) is 23.3. The summed E-state index contributed by atoms with van der Waals surface area (Å²) in [5.74, 6) is -0.781. The molecular weight excluding hydrogens is 360 g/mol. The van der Waals surface area contributed by atoms with E-state index in [9.17, 15) is 14.7 Å². The van der Waals surface area contributed by atoms with Crippen LogP contribution in [0.2, 0.25) is 0 Å². The van der Waals surface area contributed by atoms with E-state index in [0.717, 1.165) is 22.5 Å². The minimum Gasteiger partial charge on any atom is -0.481 e. The molecule has 0 fully saturated rings. The predicted octanol–water partition coefficient (Wildman–Crippen LogP) is 4.08. The molecular formula is C22H20O4S. The van der Waals surface area contributed by atoms with Gasteiger partial charge >= 0.3 is 5.97 Å². The van der Waals surface area contributed by atoms with Gasteiger partial charge in [-0.2, -0.15) is 0 Å². The van der Waals surface area contributed by atoms with Gasteiger partial charge in [0, 0.05) is 17.1 Å². The van der Waals surface area contributed by atoms with Gasteiger partial charge in [-0.1, -0.05) is 60.7 Å². The molecule has 1 heterocycles. The van der Waals surface area contributed by atoms with Crippen molar-refractivity contribution in [1.29, 1.82) is 0 Å². The van der Waals surface area contributed by atoms with Crippen molar-refractivity contribution >= 4 is 29.1 Å². The number of carboxylic acids is 1. The number of carboxylic acid groups (broad SMARTS) is 1. The molecule has 0 aliphatic carbocycles. The Balaban J connectivity index is 1.86. The highest BCUT2D eigenvalue weighted by Crippen LogP contribution is 2.39. The number of allylic oxidation sites excluding steroid dienone is 2. The lowest BCUT2D eigenvalue weighted by Crippen LogP contribution is -2.14. The second kappa shape index (κ2) is 8.84. The second-order valence-electron chi connectivity index (χ2n) is 6.29. The molecule has 1 unspecified atom stereocenters. The molecule has 2 aromatic rings. The second-order valence-corrected chi connectivity index (χ2v) is 7.31. The van der Waals surface area contributed by atoms with E-state index in [0.29, 0.717) is 0 Å². The fourth-order valence-corrected chi connectivity index (χ4v) is 4.10. The number of thioether (sulfide) groups is 1. The van der Waals surface area contributed by atoms with Crippen LogP contribution in [0.4, 0.5) is 0 Å². The van der Waals surface area contributed by atoms with E-state index in [1.807, 2.05) is 30.3 Å². The summed E-state index contributed by atoms with van der Waals surface area (Å²) < 4.78 is 0. The van der Waals surface area contributed by atoms with Crippen LogP contribution in [0.1, 0.15) is 29.5 Å². The SMILES string of the molecule is O=C(O)CC(=O)CC(O)C=CC=C1c2ccccc2CSc2ccccc21. The topological polar surface area (TPSA) is 74.6 Å². The Bertz CT molecular complexity index is 865. The van der Waals surface area contributed by atoms with Crippen LogP contribution >= 0.6 is 11.8 Å². The van der Waals surface area contributed by atoms with E-state index in [2.05, 4.69) is 24.3 Å². The largest absolute Gasteiger partial charge is 0.481 e. The molecule has 0 bridgehead atoms. The van der Waals surface area contributed by atoms with Gasteiger partial charge in [0.2, 0.25) is 0 Å². The van der Waals surface area contributed by atoms with Crippen molar-refractivity contribution in [2.45, 2.75) is 29.6 Å². The number of benzene rings is 2. The number of Topliss-reactive ketones (excluding diaryl/α,β-unsaturated/α-hetero) is 1. The summed E-state index contributed by atoms with van der Waals surface area (Å²) in [6.45, 7) is 0. The van der Waals surface area contributed by atoms with Gasteiger partial charge in [0.05, 0.1) is 6.10 Å². The van der Waals surface area contributed by atoms with Crippen LogP contribution in [-0.2, 0) is 15.3 Å². The van der Waals surface area contributed by atoms with Gasteiger partial charge in [-0.3, -0.25) is 9.59 Å². The molecule has 5 heteroatoms. The molecule has 2 N–H and O–H groups in total. The number of fused-ring (bicyclic) bond motifs is 2. The Kier molecular flexibility index (Phi) is 6.27. The summed E-state index contributed by atoms with van der Waals surface area (Å²) >= 11 is 1.80. The molecule has 0 radical (unpaired) electrons. The minimum absolute atomic E-state index is 0.199. The smallest absolute Gasteiger partial charge is 0.310 e. The summed E-state index contributed by atoms with van der Waals surface area (Å²) in [6.07, 6.45) is 3.43. The Hall–Kier alpha value is -2.63. The van der Waals surface area contributed by atoms with Crippen molar-refractivity contribution in [3.8, 4) is 0 Å². The van der Waals surface area contributed by atoms with Crippen LogP contribution in [0.5, 0.6) is 0 Å². The lowest BCUT2D eigenvalue weighted by Gasteiger charge is -2.10. The van der Waals surface area contributed by atoms with Crippen molar-refractivity contribution in [2.24, 2.45) is 0 Å². The quantitative estimate of drug-likeness (QED) is 0.739. The highest BCUT2D eigenvalue weighted by molar-refractivity contribution is 7.98. The molecule has 1 atom stereocenters. The maximum Gasteiger partial charge on any atom is 0.310 e. The number of hydrogen-bond acceptors (Lipinski definition) is 4. The van der Waals surface area contributed by atoms with Crippen LogP contribution in [0, 0.1) is 0 Å². The molecule has 3 rings (SSSR count). The third-order valence-corrected chi connectivity index (χ3v) is 5.37. The third kappa shape index (κ3) is 4.96. The highest BCUT2D eigenvalue weighted by Gasteiger charge is 2.17. The number of aliphatic carboxylic acids is 1. The molecule has 1 aliphatic heterocycles. The zero-order valence-corrected chi connectivity index (χ0v) is 15.5. The lowest BCUT2D eigenvalue weighted by atomic mass is 9.94. The van der Waals surface area contributed by atoms with E-state index in [-0.39, 0.29) is 6.42 Å². The van der Waals surface area contributed by atoms with Crippen LogP contribution in [0.3, 0.4) is 0 Å². The lowest BCUT2D eigenvalue weighted by molar-refractivity contribution is -0.140.